The molecule has 0 aromatic heterocycles. The van der Waals surface area contributed by atoms with Gasteiger partial charge in [-0.3, -0.25) is 4.79 Å². The molecule has 0 saturated heterocycles. The minimum Gasteiger partial charge on any atom is -0.480 e. The maximum Gasteiger partial charge on any atom is 0.265 e. The Balaban J connectivity index is 1.79. The van der Waals surface area contributed by atoms with Crippen molar-refractivity contribution in [3.63, 3.8) is 0 Å². The van der Waals surface area contributed by atoms with Crippen LogP contribution in [0.15, 0.2) is 36.4 Å². The molecule has 108 valence electrons. The molecule has 0 saturated carbocycles. The number of fused-ring (bicyclic) bond motifs is 1. The van der Waals surface area contributed by atoms with E-state index in [2.05, 4.69) is 5.32 Å². The van der Waals surface area contributed by atoms with Crippen LogP contribution in [0.1, 0.15) is 16.7 Å². The van der Waals surface area contributed by atoms with Crippen molar-refractivity contribution in [1.82, 2.24) is 0 Å². The highest BCUT2D eigenvalue weighted by atomic mass is 16.5. The normalized spacial score (nSPS) is 16.2. The molecular formula is C17H18N2O2. The summed E-state index contributed by atoms with van der Waals surface area (Å²) in [5, 5.41) is 2.91. The molecule has 1 heterocycles. The quantitative estimate of drug-likeness (QED) is 0.832. The minimum absolute atomic E-state index is 0.161. The van der Waals surface area contributed by atoms with Crippen LogP contribution in [-0.2, 0) is 11.2 Å². The second-order valence-corrected chi connectivity index (χ2v) is 5.38. The van der Waals surface area contributed by atoms with Crippen molar-refractivity contribution < 1.29 is 9.53 Å². The van der Waals surface area contributed by atoms with Crippen molar-refractivity contribution in [2.24, 2.45) is 0 Å². The Kier molecular flexibility index (Phi) is 3.29. The van der Waals surface area contributed by atoms with Crippen molar-refractivity contribution in [1.29, 1.82) is 0 Å². The number of nitrogens with two attached hydrogens (primary N) is 1. The number of rotatable bonds is 2. The fourth-order valence-corrected chi connectivity index (χ4v) is 2.53. The van der Waals surface area contributed by atoms with E-state index in [1.807, 2.05) is 50.2 Å². The van der Waals surface area contributed by atoms with E-state index in [0.717, 1.165) is 22.4 Å². The molecule has 4 nitrogen and oxygen atoms in total. The third-order valence-electron chi connectivity index (χ3n) is 3.96. The summed E-state index contributed by atoms with van der Waals surface area (Å²) in [7, 11) is 0. The van der Waals surface area contributed by atoms with Gasteiger partial charge in [-0.15, -0.1) is 0 Å². The van der Waals surface area contributed by atoms with Gasteiger partial charge >= 0.3 is 0 Å². The summed E-state index contributed by atoms with van der Waals surface area (Å²) in [5.41, 5.74) is 10.4. The summed E-state index contributed by atoms with van der Waals surface area (Å²) < 4.78 is 5.70. The van der Waals surface area contributed by atoms with Gasteiger partial charge in [0.05, 0.1) is 11.4 Å². The number of hydrogen-bond donors (Lipinski definition) is 2. The van der Waals surface area contributed by atoms with Gasteiger partial charge in [0.1, 0.15) is 5.75 Å². The van der Waals surface area contributed by atoms with Crippen molar-refractivity contribution >= 4 is 17.3 Å². The first kappa shape index (κ1) is 13.5. The zero-order valence-electron chi connectivity index (χ0n) is 12.1. The number of para-hydroxylation sites is 1. The molecule has 4 heteroatoms. The lowest BCUT2D eigenvalue weighted by Gasteiger charge is -2.16. The second-order valence-electron chi connectivity index (χ2n) is 5.38. The molecule has 0 bridgehead atoms. The third-order valence-corrected chi connectivity index (χ3v) is 3.96. The Morgan fingerprint density at radius 2 is 2.00 bits per heavy atom. The van der Waals surface area contributed by atoms with Crippen LogP contribution in [0.2, 0.25) is 0 Å². The average molecular weight is 282 g/mol. The van der Waals surface area contributed by atoms with Gasteiger partial charge in [0, 0.05) is 6.42 Å². The molecule has 0 spiro atoms. The molecule has 1 aliphatic rings. The smallest absolute Gasteiger partial charge is 0.265 e. The van der Waals surface area contributed by atoms with Crippen molar-refractivity contribution in [3.05, 3.63) is 53.1 Å². The van der Waals surface area contributed by atoms with Crippen molar-refractivity contribution in [2.45, 2.75) is 26.4 Å². The van der Waals surface area contributed by atoms with Crippen molar-refractivity contribution in [3.8, 4) is 5.75 Å². The molecule has 2 aromatic carbocycles. The molecule has 2 aromatic rings. The highest BCUT2D eigenvalue weighted by molar-refractivity contribution is 5.98. The minimum atomic E-state index is -0.498. The summed E-state index contributed by atoms with van der Waals surface area (Å²) >= 11 is 0. The molecule has 1 aliphatic heterocycles. The topological polar surface area (TPSA) is 64.3 Å². The van der Waals surface area contributed by atoms with E-state index in [9.17, 15) is 4.79 Å². The lowest BCUT2D eigenvalue weighted by atomic mass is 10.1. The summed E-state index contributed by atoms with van der Waals surface area (Å²) in [5.74, 6) is 0.623. The highest BCUT2D eigenvalue weighted by Gasteiger charge is 2.29. The van der Waals surface area contributed by atoms with Gasteiger partial charge < -0.3 is 15.8 Å². The van der Waals surface area contributed by atoms with Crippen molar-refractivity contribution in [2.75, 3.05) is 11.1 Å². The molecule has 1 amide bonds. The van der Waals surface area contributed by atoms with Gasteiger partial charge in [-0.1, -0.05) is 24.3 Å². The summed E-state index contributed by atoms with van der Waals surface area (Å²) in [6.45, 7) is 3.94. The van der Waals surface area contributed by atoms with E-state index in [4.69, 9.17) is 10.5 Å². The number of nitrogens with one attached hydrogen (secondary N) is 1. The fraction of sp³-hybridized carbons (Fsp3) is 0.235. The van der Waals surface area contributed by atoms with Crippen LogP contribution >= 0.6 is 0 Å². The van der Waals surface area contributed by atoms with Crippen LogP contribution in [0.4, 0.5) is 11.4 Å². The van der Waals surface area contributed by atoms with E-state index < -0.39 is 6.10 Å². The Morgan fingerprint density at radius 3 is 2.76 bits per heavy atom. The summed E-state index contributed by atoms with van der Waals surface area (Å²) in [4.78, 5) is 12.4. The lowest BCUT2D eigenvalue weighted by molar-refractivity contribution is -0.122. The van der Waals surface area contributed by atoms with Gasteiger partial charge in [0.15, 0.2) is 6.10 Å². The molecule has 0 fully saturated rings. The predicted molar refractivity (Wildman–Crippen MR) is 83.5 cm³/mol. The van der Waals surface area contributed by atoms with E-state index in [-0.39, 0.29) is 5.91 Å². The molecular weight excluding hydrogens is 264 g/mol. The summed E-state index contributed by atoms with van der Waals surface area (Å²) in [6, 6.07) is 11.5. The third kappa shape index (κ3) is 2.44. The number of ether oxygens (including phenoxy) is 1. The standard InChI is InChI=1S/C17H18N2O2/c1-10-7-8-13(18)16(11(10)2)19-17(20)15-9-12-5-3-4-6-14(12)21-15/h3-8,15H,9,18H2,1-2H3,(H,19,20). The monoisotopic (exact) mass is 282 g/mol. The number of aryl methyl sites for hydroxylation is 1. The number of carbonyl (C=O) groups excluding carboxylic acids is 1. The molecule has 1 unspecified atom stereocenters. The molecule has 21 heavy (non-hydrogen) atoms. The van der Waals surface area contributed by atoms with E-state index in [1.54, 1.807) is 0 Å². The molecule has 0 radical (unpaired) electrons. The van der Waals surface area contributed by atoms with Gasteiger partial charge in [-0.05, 0) is 42.7 Å². The number of anilines is 2. The van der Waals surface area contributed by atoms with E-state index in [0.29, 0.717) is 17.8 Å². The Labute approximate surface area is 123 Å². The number of hydrogen-bond acceptors (Lipinski definition) is 3. The Morgan fingerprint density at radius 1 is 1.24 bits per heavy atom. The van der Waals surface area contributed by atoms with E-state index in [1.165, 1.54) is 0 Å². The maximum atomic E-state index is 12.4. The Bertz CT molecular complexity index is 685. The second kappa shape index (κ2) is 5.13. The molecule has 1 atom stereocenters. The Hall–Kier alpha value is -2.49. The van der Waals surface area contributed by atoms with Crippen LogP contribution in [-0.4, -0.2) is 12.0 Å². The molecule has 0 aliphatic carbocycles. The van der Waals surface area contributed by atoms with Crippen LogP contribution in [0.25, 0.3) is 0 Å². The largest absolute Gasteiger partial charge is 0.480 e. The van der Waals surface area contributed by atoms with Crippen LogP contribution in [0.3, 0.4) is 0 Å². The summed E-state index contributed by atoms with van der Waals surface area (Å²) in [6.07, 6.45) is 0.0916. The van der Waals surface area contributed by atoms with E-state index >= 15 is 0 Å². The first-order valence-corrected chi connectivity index (χ1v) is 6.97. The van der Waals surface area contributed by atoms with Gasteiger partial charge in [-0.25, -0.2) is 0 Å². The van der Waals surface area contributed by atoms with Crippen LogP contribution < -0.4 is 15.8 Å². The van der Waals surface area contributed by atoms with Gasteiger partial charge in [0.2, 0.25) is 0 Å². The predicted octanol–water partition coefficient (Wildman–Crippen LogP) is 2.83. The van der Waals surface area contributed by atoms with Crippen LogP contribution in [0, 0.1) is 13.8 Å². The number of nitrogen functional groups attached to an aromatic ring is 1. The maximum absolute atomic E-state index is 12.4. The fourth-order valence-electron chi connectivity index (χ4n) is 2.53. The first-order valence-electron chi connectivity index (χ1n) is 6.97. The SMILES string of the molecule is Cc1ccc(N)c(NC(=O)C2Cc3ccccc3O2)c1C. The average Bonchev–Trinajstić information content (AvgIpc) is 2.91. The first-order chi connectivity index (χ1) is 10.1. The zero-order valence-corrected chi connectivity index (χ0v) is 12.1. The van der Waals surface area contributed by atoms with Crippen LogP contribution in [0.5, 0.6) is 5.75 Å². The molecule has 3 rings (SSSR count). The highest BCUT2D eigenvalue weighted by Crippen LogP contribution is 2.30. The molecule has 3 N–H and O–H groups in total. The number of carbonyl (C=O) groups is 1. The zero-order chi connectivity index (χ0) is 15.0. The number of amides is 1. The van der Waals surface area contributed by atoms with Gasteiger partial charge in [-0.2, -0.15) is 0 Å². The number of benzene rings is 2. The lowest BCUT2D eigenvalue weighted by Crippen LogP contribution is -2.32. The van der Waals surface area contributed by atoms with Gasteiger partial charge in [0.25, 0.3) is 5.91 Å².